The molecule has 1 fully saturated rings. The van der Waals surface area contributed by atoms with E-state index in [1.54, 1.807) is 18.6 Å². The average molecular weight is 256 g/mol. The maximum atomic E-state index is 11.1. The zero-order valence-corrected chi connectivity index (χ0v) is 10.5. The van der Waals surface area contributed by atoms with Gasteiger partial charge in [0.25, 0.3) is 0 Å². The Hall–Kier alpha value is -0.910. The Morgan fingerprint density at radius 2 is 2.18 bits per heavy atom. The van der Waals surface area contributed by atoms with Gasteiger partial charge in [0.2, 0.25) is 0 Å². The Morgan fingerprint density at radius 1 is 1.53 bits per heavy atom. The second-order valence-corrected chi connectivity index (χ2v) is 5.35. The summed E-state index contributed by atoms with van der Waals surface area (Å²) in [6, 6.07) is 1.56. The van der Waals surface area contributed by atoms with E-state index in [4.69, 9.17) is 9.84 Å². The molecule has 1 aliphatic rings. The van der Waals surface area contributed by atoms with Crippen molar-refractivity contribution < 1.29 is 19.7 Å². The molecule has 0 spiro atoms. The van der Waals surface area contributed by atoms with Crippen LogP contribution >= 0.6 is 11.3 Å². The van der Waals surface area contributed by atoms with E-state index in [9.17, 15) is 9.90 Å². The summed E-state index contributed by atoms with van der Waals surface area (Å²) in [6.07, 6.45) is 2.84. The Balaban J connectivity index is 2.21. The summed E-state index contributed by atoms with van der Waals surface area (Å²) in [5, 5.41) is 21.4. The van der Waals surface area contributed by atoms with Gasteiger partial charge in [-0.1, -0.05) is 0 Å². The summed E-state index contributed by atoms with van der Waals surface area (Å²) in [5.74, 6) is -0.969. The van der Waals surface area contributed by atoms with Crippen LogP contribution in [0.5, 0.6) is 0 Å². The van der Waals surface area contributed by atoms with Crippen molar-refractivity contribution in [3.05, 3.63) is 21.9 Å². The molecule has 4 nitrogen and oxygen atoms in total. The Kier molecular flexibility index (Phi) is 3.51. The topological polar surface area (TPSA) is 66.8 Å². The quantitative estimate of drug-likeness (QED) is 0.870. The van der Waals surface area contributed by atoms with Crippen LogP contribution in [0.4, 0.5) is 0 Å². The van der Waals surface area contributed by atoms with E-state index >= 15 is 0 Å². The van der Waals surface area contributed by atoms with Gasteiger partial charge in [0.05, 0.1) is 22.1 Å². The van der Waals surface area contributed by atoms with E-state index in [0.29, 0.717) is 17.7 Å². The molecule has 0 aliphatic heterocycles. The van der Waals surface area contributed by atoms with Gasteiger partial charge in [-0.15, -0.1) is 11.3 Å². The maximum absolute atomic E-state index is 11.1. The van der Waals surface area contributed by atoms with E-state index in [-0.39, 0.29) is 11.7 Å². The molecule has 1 saturated carbocycles. The summed E-state index contributed by atoms with van der Waals surface area (Å²) in [7, 11) is 1.67. The van der Waals surface area contributed by atoms with Crippen LogP contribution in [0.2, 0.25) is 0 Å². The van der Waals surface area contributed by atoms with Gasteiger partial charge in [0.15, 0.2) is 0 Å². The first-order chi connectivity index (χ1) is 8.07. The lowest BCUT2D eigenvalue weighted by Gasteiger charge is -2.35. The summed E-state index contributed by atoms with van der Waals surface area (Å²) in [4.78, 5) is 11.6. The highest BCUT2D eigenvalue weighted by Crippen LogP contribution is 2.41. The zero-order chi connectivity index (χ0) is 12.5. The number of carboxylic acids is 1. The number of hydrogen-bond acceptors (Lipinski definition) is 4. The van der Waals surface area contributed by atoms with Gasteiger partial charge in [0, 0.05) is 7.11 Å². The van der Waals surface area contributed by atoms with Gasteiger partial charge in [0.1, 0.15) is 0 Å². The number of hydrogen-bond donors (Lipinski definition) is 2. The molecule has 5 heteroatoms. The fraction of sp³-hybridized carbons (Fsp3) is 0.583. The summed E-state index contributed by atoms with van der Waals surface area (Å²) >= 11 is 1.32. The van der Waals surface area contributed by atoms with Crippen molar-refractivity contribution in [1.82, 2.24) is 0 Å². The number of rotatable bonds is 3. The fourth-order valence-electron chi connectivity index (χ4n) is 2.37. The first-order valence-electron chi connectivity index (χ1n) is 5.63. The van der Waals surface area contributed by atoms with Crippen molar-refractivity contribution in [3.63, 3.8) is 0 Å². The van der Waals surface area contributed by atoms with Crippen LogP contribution in [0.3, 0.4) is 0 Å². The third kappa shape index (κ3) is 2.36. The molecular formula is C12H16O4S. The van der Waals surface area contributed by atoms with Gasteiger partial charge < -0.3 is 14.9 Å². The standard InChI is InChI=1S/C12H16O4S/c1-16-8-2-5-12(15,6-3-8)10-9(11(13)14)4-7-17-10/h4,7-8,15H,2-3,5-6H2,1H3,(H,13,14). The van der Waals surface area contributed by atoms with E-state index in [0.717, 1.165) is 12.8 Å². The van der Waals surface area contributed by atoms with Gasteiger partial charge in [-0.05, 0) is 37.1 Å². The minimum Gasteiger partial charge on any atom is -0.478 e. The van der Waals surface area contributed by atoms with Crippen molar-refractivity contribution in [2.75, 3.05) is 7.11 Å². The Labute approximate surface area is 104 Å². The molecule has 0 aromatic carbocycles. The predicted molar refractivity (Wildman–Crippen MR) is 64.4 cm³/mol. The SMILES string of the molecule is COC1CCC(O)(c2sccc2C(=O)O)CC1. The lowest BCUT2D eigenvalue weighted by atomic mass is 9.81. The maximum Gasteiger partial charge on any atom is 0.336 e. The highest BCUT2D eigenvalue weighted by atomic mass is 32.1. The van der Waals surface area contributed by atoms with Crippen molar-refractivity contribution in [2.24, 2.45) is 0 Å². The minimum atomic E-state index is -0.989. The van der Waals surface area contributed by atoms with Crippen LogP contribution in [0.1, 0.15) is 40.9 Å². The van der Waals surface area contributed by atoms with E-state index < -0.39 is 11.6 Å². The Morgan fingerprint density at radius 3 is 2.71 bits per heavy atom. The first-order valence-corrected chi connectivity index (χ1v) is 6.51. The highest BCUT2D eigenvalue weighted by Gasteiger charge is 2.38. The number of carbonyl (C=O) groups is 1. The average Bonchev–Trinajstić information content (AvgIpc) is 2.80. The first kappa shape index (κ1) is 12.5. The van der Waals surface area contributed by atoms with Gasteiger partial charge in [-0.3, -0.25) is 0 Å². The third-order valence-electron chi connectivity index (χ3n) is 3.41. The lowest BCUT2D eigenvalue weighted by Crippen LogP contribution is -2.34. The van der Waals surface area contributed by atoms with Crippen LogP contribution in [0, 0.1) is 0 Å². The summed E-state index contributed by atoms with van der Waals surface area (Å²) in [6.45, 7) is 0. The van der Waals surface area contributed by atoms with Crippen molar-refractivity contribution in [3.8, 4) is 0 Å². The van der Waals surface area contributed by atoms with Gasteiger partial charge in [-0.25, -0.2) is 4.79 Å². The van der Waals surface area contributed by atoms with Crippen LogP contribution < -0.4 is 0 Å². The summed E-state index contributed by atoms with van der Waals surface area (Å²) in [5.41, 5.74) is -0.759. The molecule has 0 saturated heterocycles. The van der Waals surface area contributed by atoms with Gasteiger partial charge >= 0.3 is 5.97 Å². The molecule has 94 valence electrons. The second kappa shape index (κ2) is 4.76. The zero-order valence-electron chi connectivity index (χ0n) is 9.68. The lowest BCUT2D eigenvalue weighted by molar-refractivity contribution is -0.0456. The molecule has 1 aromatic heterocycles. The molecule has 2 N–H and O–H groups in total. The molecule has 0 atom stereocenters. The van der Waals surface area contributed by atoms with E-state index in [1.165, 1.54) is 11.3 Å². The smallest absolute Gasteiger partial charge is 0.336 e. The summed E-state index contributed by atoms with van der Waals surface area (Å²) < 4.78 is 5.26. The fourth-order valence-corrected chi connectivity index (χ4v) is 3.42. The van der Waals surface area contributed by atoms with Crippen LogP contribution in [-0.2, 0) is 10.3 Å². The Bertz CT molecular complexity index is 404. The third-order valence-corrected chi connectivity index (χ3v) is 4.52. The van der Waals surface area contributed by atoms with Crippen LogP contribution in [0.15, 0.2) is 11.4 Å². The number of thiophene rings is 1. The van der Waals surface area contributed by atoms with Gasteiger partial charge in [-0.2, -0.15) is 0 Å². The molecule has 1 heterocycles. The normalized spacial score (nSPS) is 29.2. The monoisotopic (exact) mass is 256 g/mol. The molecule has 0 radical (unpaired) electrons. The molecule has 1 aromatic rings. The van der Waals surface area contributed by atoms with Crippen molar-refractivity contribution >= 4 is 17.3 Å². The largest absolute Gasteiger partial charge is 0.478 e. The number of ether oxygens (including phenoxy) is 1. The number of methoxy groups -OCH3 is 1. The molecule has 0 bridgehead atoms. The molecule has 17 heavy (non-hydrogen) atoms. The minimum absolute atomic E-state index is 0.184. The number of aromatic carboxylic acids is 1. The van der Waals surface area contributed by atoms with Crippen LogP contribution in [0.25, 0.3) is 0 Å². The van der Waals surface area contributed by atoms with E-state index in [1.807, 2.05) is 0 Å². The van der Waals surface area contributed by atoms with Crippen LogP contribution in [-0.4, -0.2) is 29.4 Å². The molecule has 0 amide bonds. The van der Waals surface area contributed by atoms with Crippen molar-refractivity contribution in [1.29, 1.82) is 0 Å². The molecule has 1 aliphatic carbocycles. The number of aliphatic hydroxyl groups is 1. The van der Waals surface area contributed by atoms with Crippen molar-refractivity contribution in [2.45, 2.75) is 37.4 Å². The molecule has 0 unspecified atom stereocenters. The highest BCUT2D eigenvalue weighted by molar-refractivity contribution is 7.10. The number of carboxylic acid groups (broad SMARTS) is 1. The second-order valence-electron chi connectivity index (χ2n) is 4.44. The molecular weight excluding hydrogens is 240 g/mol. The van der Waals surface area contributed by atoms with E-state index in [2.05, 4.69) is 0 Å². The molecule has 2 rings (SSSR count). The predicted octanol–water partition coefficient (Wildman–Crippen LogP) is 2.22.